The minimum Gasteiger partial charge on any atom is -0.354 e. The van der Waals surface area contributed by atoms with Gasteiger partial charge in [0.25, 0.3) is 0 Å². The van der Waals surface area contributed by atoms with Crippen LogP contribution in [0.4, 0.5) is 0 Å². The van der Waals surface area contributed by atoms with Gasteiger partial charge in [-0.3, -0.25) is 4.79 Å². The van der Waals surface area contributed by atoms with E-state index in [0.29, 0.717) is 23.9 Å². The third-order valence-electron chi connectivity index (χ3n) is 3.55. The highest BCUT2D eigenvalue weighted by Crippen LogP contribution is 2.48. The molecule has 2 N–H and O–H groups in total. The summed E-state index contributed by atoms with van der Waals surface area (Å²) >= 11 is 0. The topological polar surface area (TPSA) is 41.1 Å². The summed E-state index contributed by atoms with van der Waals surface area (Å²) in [4.78, 5) is 10.9. The summed E-state index contributed by atoms with van der Waals surface area (Å²) in [5.41, 5.74) is 0.506. The zero-order valence-electron chi connectivity index (χ0n) is 8.39. The van der Waals surface area contributed by atoms with Crippen molar-refractivity contribution in [1.82, 2.24) is 10.6 Å². The van der Waals surface area contributed by atoms with Crippen molar-refractivity contribution in [2.24, 2.45) is 5.41 Å². The van der Waals surface area contributed by atoms with E-state index in [-0.39, 0.29) is 5.91 Å². The molecule has 0 bridgehead atoms. The maximum absolute atomic E-state index is 10.9. The fourth-order valence-electron chi connectivity index (χ4n) is 1.91. The normalized spacial score (nSPS) is 32.8. The van der Waals surface area contributed by atoms with Gasteiger partial charge in [0, 0.05) is 25.0 Å². The van der Waals surface area contributed by atoms with Crippen molar-refractivity contribution in [2.45, 2.75) is 45.2 Å². The van der Waals surface area contributed by atoms with Gasteiger partial charge in [0.1, 0.15) is 0 Å². The van der Waals surface area contributed by atoms with Crippen LogP contribution < -0.4 is 10.6 Å². The molecule has 74 valence electrons. The number of nitrogens with one attached hydrogen (secondary N) is 2. The highest BCUT2D eigenvalue weighted by atomic mass is 16.1. The lowest BCUT2D eigenvalue weighted by Crippen LogP contribution is -2.42. The fourth-order valence-corrected chi connectivity index (χ4v) is 1.91. The zero-order chi connectivity index (χ0) is 9.47. The minimum absolute atomic E-state index is 0.186. The van der Waals surface area contributed by atoms with E-state index in [1.165, 1.54) is 12.8 Å². The molecule has 2 fully saturated rings. The molecular formula is C10H18N2O. The highest BCUT2D eigenvalue weighted by Gasteiger charge is 2.43. The molecule has 3 heteroatoms. The molecule has 0 aromatic carbocycles. The summed E-state index contributed by atoms with van der Waals surface area (Å²) in [6.07, 6.45) is 3.31. The molecule has 1 saturated heterocycles. The van der Waals surface area contributed by atoms with Crippen molar-refractivity contribution in [2.75, 3.05) is 6.54 Å². The first-order valence-corrected chi connectivity index (χ1v) is 5.13. The van der Waals surface area contributed by atoms with E-state index in [2.05, 4.69) is 24.5 Å². The maximum atomic E-state index is 10.9. The molecule has 3 nitrogen and oxygen atoms in total. The average molecular weight is 182 g/mol. The molecule has 2 unspecified atom stereocenters. The number of carbonyl (C=O) groups excluding carboxylic acids is 1. The van der Waals surface area contributed by atoms with Crippen molar-refractivity contribution >= 4 is 5.91 Å². The molecular weight excluding hydrogens is 164 g/mol. The Labute approximate surface area is 79.3 Å². The first-order valence-electron chi connectivity index (χ1n) is 5.13. The van der Waals surface area contributed by atoms with Crippen molar-refractivity contribution in [1.29, 1.82) is 0 Å². The molecule has 2 atom stereocenters. The van der Waals surface area contributed by atoms with Gasteiger partial charge >= 0.3 is 0 Å². The number of amides is 1. The zero-order valence-corrected chi connectivity index (χ0v) is 8.39. The van der Waals surface area contributed by atoms with Gasteiger partial charge < -0.3 is 10.6 Å². The number of hydrogen-bond acceptors (Lipinski definition) is 2. The molecule has 2 aliphatic rings. The Hall–Kier alpha value is -0.570. The summed E-state index contributed by atoms with van der Waals surface area (Å²) in [6.45, 7) is 5.35. The Morgan fingerprint density at radius 3 is 2.77 bits per heavy atom. The summed E-state index contributed by atoms with van der Waals surface area (Å²) < 4.78 is 0. The van der Waals surface area contributed by atoms with Crippen LogP contribution in [0.5, 0.6) is 0 Å². The fraction of sp³-hybridized carbons (Fsp3) is 0.900. The largest absolute Gasteiger partial charge is 0.354 e. The minimum atomic E-state index is 0.186. The molecule has 1 heterocycles. The van der Waals surface area contributed by atoms with Crippen LogP contribution in [-0.2, 0) is 4.79 Å². The van der Waals surface area contributed by atoms with E-state index < -0.39 is 0 Å². The van der Waals surface area contributed by atoms with Crippen LogP contribution in [0.25, 0.3) is 0 Å². The van der Waals surface area contributed by atoms with Crippen molar-refractivity contribution in [3.63, 3.8) is 0 Å². The standard InChI is InChI=1S/C10H18N2O/c1-7(10(2)3-4-10)12-8-5-9(13)11-6-8/h7-8,12H,3-6H2,1-2H3,(H,11,13). The summed E-state index contributed by atoms with van der Waals surface area (Å²) in [7, 11) is 0. The molecule has 1 saturated carbocycles. The van der Waals surface area contributed by atoms with Crippen LogP contribution in [-0.4, -0.2) is 24.5 Å². The van der Waals surface area contributed by atoms with E-state index in [9.17, 15) is 4.79 Å². The lowest BCUT2D eigenvalue weighted by Gasteiger charge is -2.23. The number of carbonyl (C=O) groups is 1. The molecule has 0 spiro atoms. The Kier molecular flexibility index (Phi) is 2.06. The second kappa shape index (κ2) is 2.98. The average Bonchev–Trinajstić information content (AvgIpc) is 2.69. The van der Waals surface area contributed by atoms with Gasteiger partial charge in [-0.15, -0.1) is 0 Å². The molecule has 0 aromatic heterocycles. The predicted octanol–water partition coefficient (Wildman–Crippen LogP) is 0.653. The van der Waals surface area contributed by atoms with Crippen molar-refractivity contribution in [3.05, 3.63) is 0 Å². The second-order valence-electron chi connectivity index (χ2n) is 4.75. The molecule has 2 rings (SSSR count). The first-order chi connectivity index (χ1) is 6.10. The van der Waals surface area contributed by atoms with E-state index in [4.69, 9.17) is 0 Å². The van der Waals surface area contributed by atoms with Gasteiger partial charge in [-0.05, 0) is 25.2 Å². The van der Waals surface area contributed by atoms with Crippen LogP contribution in [0.2, 0.25) is 0 Å². The van der Waals surface area contributed by atoms with Gasteiger partial charge in [-0.2, -0.15) is 0 Å². The molecule has 1 amide bonds. The van der Waals surface area contributed by atoms with Gasteiger partial charge in [-0.25, -0.2) is 0 Å². The van der Waals surface area contributed by atoms with Crippen LogP contribution in [0, 0.1) is 5.41 Å². The van der Waals surface area contributed by atoms with Crippen LogP contribution in [0.15, 0.2) is 0 Å². The lowest BCUT2D eigenvalue weighted by molar-refractivity contribution is -0.119. The summed E-state index contributed by atoms with van der Waals surface area (Å²) in [6, 6.07) is 0.908. The molecule has 13 heavy (non-hydrogen) atoms. The number of rotatable bonds is 3. The SMILES string of the molecule is CC(NC1CNC(=O)C1)C1(C)CC1. The smallest absolute Gasteiger partial charge is 0.221 e. The Morgan fingerprint density at radius 1 is 1.62 bits per heavy atom. The third kappa shape index (κ3) is 1.85. The van der Waals surface area contributed by atoms with Gasteiger partial charge in [0.2, 0.25) is 5.91 Å². The van der Waals surface area contributed by atoms with E-state index in [1.807, 2.05) is 0 Å². The maximum Gasteiger partial charge on any atom is 0.221 e. The van der Waals surface area contributed by atoms with Gasteiger partial charge in [-0.1, -0.05) is 6.92 Å². The van der Waals surface area contributed by atoms with Crippen molar-refractivity contribution in [3.8, 4) is 0 Å². The lowest BCUT2D eigenvalue weighted by atomic mass is 10.00. The quantitative estimate of drug-likeness (QED) is 0.673. The first kappa shape index (κ1) is 9.00. The highest BCUT2D eigenvalue weighted by molar-refractivity contribution is 5.78. The van der Waals surface area contributed by atoms with Gasteiger partial charge in [0.15, 0.2) is 0 Å². The summed E-state index contributed by atoms with van der Waals surface area (Å²) in [5.74, 6) is 0.186. The van der Waals surface area contributed by atoms with E-state index in [1.54, 1.807) is 0 Å². The van der Waals surface area contributed by atoms with Crippen molar-refractivity contribution < 1.29 is 4.79 Å². The van der Waals surface area contributed by atoms with Gasteiger partial charge in [0.05, 0.1) is 0 Å². The predicted molar refractivity (Wildman–Crippen MR) is 51.4 cm³/mol. The molecule has 0 radical (unpaired) electrons. The number of hydrogen-bond donors (Lipinski definition) is 2. The Balaban J connectivity index is 1.81. The molecule has 1 aliphatic heterocycles. The van der Waals surface area contributed by atoms with E-state index in [0.717, 1.165) is 6.54 Å². The second-order valence-corrected chi connectivity index (χ2v) is 4.75. The Morgan fingerprint density at radius 2 is 2.31 bits per heavy atom. The third-order valence-corrected chi connectivity index (χ3v) is 3.55. The monoisotopic (exact) mass is 182 g/mol. The van der Waals surface area contributed by atoms with E-state index >= 15 is 0 Å². The summed E-state index contributed by atoms with van der Waals surface area (Å²) in [5, 5.41) is 6.37. The molecule has 1 aliphatic carbocycles. The Bertz CT molecular complexity index is 223. The van der Waals surface area contributed by atoms with Crippen LogP contribution in [0.3, 0.4) is 0 Å². The molecule has 0 aromatic rings. The van der Waals surface area contributed by atoms with Crippen LogP contribution >= 0.6 is 0 Å². The van der Waals surface area contributed by atoms with Crippen LogP contribution in [0.1, 0.15) is 33.1 Å².